The van der Waals surface area contributed by atoms with E-state index in [0.717, 1.165) is 5.56 Å². The van der Waals surface area contributed by atoms with Gasteiger partial charge in [-0.15, -0.1) is 0 Å². The van der Waals surface area contributed by atoms with Gasteiger partial charge in [0.25, 0.3) is 15.9 Å². The smallest absolute Gasteiger partial charge is 0.261 e. The number of halogens is 1. The summed E-state index contributed by atoms with van der Waals surface area (Å²) in [5, 5.41) is 0. The number of hydrogen-bond acceptors (Lipinski definition) is 3. The summed E-state index contributed by atoms with van der Waals surface area (Å²) in [6, 6.07) is 18.8. The molecule has 0 aromatic heterocycles. The fourth-order valence-corrected chi connectivity index (χ4v) is 4.02. The van der Waals surface area contributed by atoms with Gasteiger partial charge >= 0.3 is 0 Å². The van der Waals surface area contributed by atoms with Crippen LogP contribution >= 0.6 is 0 Å². The highest BCUT2D eigenvalue weighted by Gasteiger charge is 2.18. The first kappa shape index (κ1) is 20.5. The molecule has 0 saturated carbocycles. The molecule has 1 N–H and O–H groups in total. The Bertz CT molecular complexity index is 1150. The summed E-state index contributed by atoms with van der Waals surface area (Å²) in [6.07, 6.45) is 0. The highest BCUT2D eigenvalue weighted by Crippen LogP contribution is 2.19. The Labute approximate surface area is 169 Å². The molecule has 0 fully saturated rings. The number of rotatable bonds is 6. The van der Waals surface area contributed by atoms with E-state index in [9.17, 15) is 17.6 Å². The number of nitrogens with one attached hydrogen (secondary N) is 1. The third kappa shape index (κ3) is 5.20. The lowest BCUT2D eigenvalue weighted by Crippen LogP contribution is -2.26. The molecule has 0 spiro atoms. The van der Waals surface area contributed by atoms with E-state index in [-0.39, 0.29) is 28.7 Å². The predicted octanol–water partition coefficient (Wildman–Crippen LogP) is 4.21. The van der Waals surface area contributed by atoms with Crippen LogP contribution in [0.1, 0.15) is 21.5 Å². The van der Waals surface area contributed by atoms with Crippen LogP contribution in [0.4, 0.5) is 10.1 Å². The van der Waals surface area contributed by atoms with Crippen molar-refractivity contribution >= 4 is 21.6 Å². The quantitative estimate of drug-likeness (QED) is 0.660. The van der Waals surface area contributed by atoms with Gasteiger partial charge in [0, 0.05) is 24.8 Å². The van der Waals surface area contributed by atoms with Crippen molar-refractivity contribution in [2.75, 3.05) is 11.8 Å². The Balaban J connectivity index is 1.79. The molecule has 0 atom stereocenters. The van der Waals surface area contributed by atoms with Crippen LogP contribution in [-0.4, -0.2) is 26.3 Å². The Hall–Kier alpha value is -3.19. The molecule has 0 aliphatic carbocycles. The molecule has 0 unspecified atom stereocenters. The van der Waals surface area contributed by atoms with Crippen LogP contribution < -0.4 is 4.72 Å². The van der Waals surface area contributed by atoms with E-state index in [1.165, 1.54) is 35.2 Å². The number of benzene rings is 3. The van der Waals surface area contributed by atoms with Gasteiger partial charge in [-0.25, -0.2) is 12.8 Å². The van der Waals surface area contributed by atoms with Gasteiger partial charge in [0.1, 0.15) is 5.82 Å². The normalized spacial score (nSPS) is 11.1. The zero-order valence-corrected chi connectivity index (χ0v) is 16.9. The SMILES string of the molecule is Cc1cccc(NS(=O)(=O)c2cccc(C(=O)N(C)Cc3cccc(F)c3)c2)c1. The third-order valence-corrected chi connectivity index (χ3v) is 5.70. The molecule has 0 heterocycles. The van der Waals surface area contributed by atoms with Crippen molar-refractivity contribution in [2.24, 2.45) is 0 Å². The molecule has 3 aromatic rings. The summed E-state index contributed by atoms with van der Waals surface area (Å²) < 4.78 is 41.3. The largest absolute Gasteiger partial charge is 0.337 e. The van der Waals surface area contributed by atoms with Gasteiger partial charge in [-0.2, -0.15) is 0 Å². The van der Waals surface area contributed by atoms with E-state index in [0.29, 0.717) is 11.3 Å². The van der Waals surface area contributed by atoms with Crippen molar-refractivity contribution in [3.05, 3.63) is 95.3 Å². The lowest BCUT2D eigenvalue weighted by Gasteiger charge is -2.18. The van der Waals surface area contributed by atoms with Crippen molar-refractivity contribution in [1.29, 1.82) is 0 Å². The number of sulfonamides is 1. The molecule has 0 radical (unpaired) electrons. The first-order valence-electron chi connectivity index (χ1n) is 8.94. The van der Waals surface area contributed by atoms with Crippen LogP contribution in [0.5, 0.6) is 0 Å². The van der Waals surface area contributed by atoms with Crippen LogP contribution in [0.2, 0.25) is 0 Å². The topological polar surface area (TPSA) is 66.5 Å². The van der Waals surface area contributed by atoms with E-state index in [4.69, 9.17) is 0 Å². The molecule has 0 bridgehead atoms. The first-order valence-corrected chi connectivity index (χ1v) is 10.4. The van der Waals surface area contributed by atoms with Crippen molar-refractivity contribution in [3.8, 4) is 0 Å². The molecule has 7 heteroatoms. The summed E-state index contributed by atoms with van der Waals surface area (Å²) in [5.74, 6) is -0.736. The molecule has 150 valence electrons. The second kappa shape index (κ2) is 8.45. The Kier molecular flexibility index (Phi) is 5.98. The van der Waals surface area contributed by atoms with E-state index in [1.54, 1.807) is 43.4 Å². The van der Waals surface area contributed by atoms with Gasteiger partial charge in [0.05, 0.1) is 4.90 Å². The summed E-state index contributed by atoms with van der Waals surface area (Å²) in [7, 11) is -2.26. The standard InChI is InChI=1S/C22H21FN2O3S/c1-16-6-3-10-20(12-16)24-29(27,28)21-11-5-8-18(14-21)22(26)25(2)15-17-7-4-9-19(23)13-17/h3-14,24H,15H2,1-2H3. The first-order chi connectivity index (χ1) is 13.7. The van der Waals surface area contributed by atoms with Crippen LogP contribution in [0.15, 0.2) is 77.7 Å². The minimum absolute atomic E-state index is 0.0102. The highest BCUT2D eigenvalue weighted by atomic mass is 32.2. The molecule has 0 aliphatic heterocycles. The van der Waals surface area contributed by atoms with E-state index >= 15 is 0 Å². The van der Waals surface area contributed by atoms with E-state index in [2.05, 4.69) is 4.72 Å². The number of carbonyl (C=O) groups excluding carboxylic acids is 1. The van der Waals surface area contributed by atoms with Gasteiger partial charge < -0.3 is 4.90 Å². The molecule has 0 aliphatic rings. The van der Waals surface area contributed by atoms with Gasteiger partial charge in [0.2, 0.25) is 0 Å². The monoisotopic (exact) mass is 412 g/mol. The number of aryl methyl sites for hydroxylation is 1. The predicted molar refractivity (Wildman–Crippen MR) is 111 cm³/mol. The van der Waals surface area contributed by atoms with Crippen molar-refractivity contribution in [2.45, 2.75) is 18.4 Å². The minimum atomic E-state index is -3.85. The number of anilines is 1. The molecule has 0 saturated heterocycles. The van der Waals surface area contributed by atoms with E-state index < -0.39 is 10.0 Å². The average Bonchev–Trinajstić information content (AvgIpc) is 2.67. The van der Waals surface area contributed by atoms with Gasteiger partial charge in [-0.05, 0) is 60.5 Å². The maximum atomic E-state index is 13.4. The molecular formula is C22H21FN2O3S. The summed E-state index contributed by atoms with van der Waals surface area (Å²) in [4.78, 5) is 14.1. The number of amides is 1. The Morgan fingerprint density at radius 2 is 1.72 bits per heavy atom. The van der Waals surface area contributed by atoms with Crippen molar-refractivity contribution < 1.29 is 17.6 Å². The number of hydrogen-bond donors (Lipinski definition) is 1. The highest BCUT2D eigenvalue weighted by molar-refractivity contribution is 7.92. The Morgan fingerprint density at radius 1 is 1.00 bits per heavy atom. The molecule has 1 amide bonds. The average molecular weight is 412 g/mol. The van der Waals surface area contributed by atoms with Crippen LogP contribution in [0, 0.1) is 12.7 Å². The van der Waals surface area contributed by atoms with Crippen LogP contribution in [0.3, 0.4) is 0 Å². The lowest BCUT2D eigenvalue weighted by atomic mass is 10.1. The summed E-state index contributed by atoms with van der Waals surface area (Å²) >= 11 is 0. The van der Waals surface area contributed by atoms with Crippen molar-refractivity contribution in [3.63, 3.8) is 0 Å². The minimum Gasteiger partial charge on any atom is -0.337 e. The summed E-state index contributed by atoms with van der Waals surface area (Å²) in [6.45, 7) is 2.07. The third-order valence-electron chi connectivity index (χ3n) is 4.32. The maximum absolute atomic E-state index is 13.4. The fraction of sp³-hybridized carbons (Fsp3) is 0.136. The molecule has 29 heavy (non-hydrogen) atoms. The number of nitrogens with zero attached hydrogens (tertiary/aromatic N) is 1. The molecule has 3 rings (SSSR count). The number of carbonyl (C=O) groups is 1. The maximum Gasteiger partial charge on any atom is 0.261 e. The molecule has 3 aromatic carbocycles. The molecular weight excluding hydrogens is 391 g/mol. The zero-order chi connectivity index (χ0) is 21.0. The van der Waals surface area contributed by atoms with Gasteiger partial charge in [-0.1, -0.05) is 30.3 Å². The molecule has 5 nitrogen and oxygen atoms in total. The van der Waals surface area contributed by atoms with Crippen LogP contribution in [-0.2, 0) is 16.6 Å². The second-order valence-electron chi connectivity index (χ2n) is 6.79. The van der Waals surface area contributed by atoms with Crippen LogP contribution in [0.25, 0.3) is 0 Å². The van der Waals surface area contributed by atoms with Gasteiger partial charge in [-0.3, -0.25) is 9.52 Å². The van der Waals surface area contributed by atoms with E-state index in [1.807, 2.05) is 13.0 Å². The lowest BCUT2D eigenvalue weighted by molar-refractivity contribution is 0.0784. The van der Waals surface area contributed by atoms with Gasteiger partial charge in [0.15, 0.2) is 0 Å². The zero-order valence-electron chi connectivity index (χ0n) is 16.1. The second-order valence-corrected chi connectivity index (χ2v) is 8.48. The summed E-state index contributed by atoms with van der Waals surface area (Å²) in [5.41, 5.74) is 2.25. The van der Waals surface area contributed by atoms with Crippen molar-refractivity contribution in [1.82, 2.24) is 4.90 Å². The Morgan fingerprint density at radius 3 is 2.45 bits per heavy atom. The fourth-order valence-electron chi connectivity index (χ4n) is 2.92.